The van der Waals surface area contributed by atoms with Crippen molar-refractivity contribution in [3.8, 4) is 5.75 Å². The van der Waals surface area contributed by atoms with Crippen molar-refractivity contribution in [2.45, 2.75) is 12.5 Å². The quantitative estimate of drug-likeness (QED) is 0.860. The van der Waals surface area contributed by atoms with E-state index in [1.54, 1.807) is 19.2 Å². The summed E-state index contributed by atoms with van der Waals surface area (Å²) in [5.74, 6) is 0.314. The van der Waals surface area contributed by atoms with Crippen molar-refractivity contribution in [3.05, 3.63) is 35.4 Å². The van der Waals surface area contributed by atoms with Crippen LogP contribution in [0.4, 0.5) is 4.39 Å². The molecule has 2 N–H and O–H groups in total. The average molecular weight is 251 g/mol. The second kappa shape index (κ2) is 5.09. The lowest BCUT2D eigenvalue weighted by atomic mass is 10.0. The first-order valence-electron chi connectivity index (χ1n) is 5.42. The van der Waals surface area contributed by atoms with Crippen LogP contribution in [0.1, 0.15) is 17.4 Å². The number of rotatable bonds is 4. The van der Waals surface area contributed by atoms with Gasteiger partial charge in [-0.2, -0.15) is 4.80 Å². The maximum Gasteiger partial charge on any atom is 0.176 e. The molecule has 18 heavy (non-hydrogen) atoms. The molecule has 0 spiro atoms. The van der Waals surface area contributed by atoms with E-state index in [0.717, 1.165) is 5.56 Å². The topological polar surface area (TPSA) is 78.9 Å². The van der Waals surface area contributed by atoms with E-state index in [1.165, 1.54) is 18.0 Å². The fourth-order valence-corrected chi connectivity index (χ4v) is 1.63. The third-order valence-corrected chi connectivity index (χ3v) is 2.56. The molecule has 0 aliphatic heterocycles. The minimum absolute atomic E-state index is 0.176. The summed E-state index contributed by atoms with van der Waals surface area (Å²) in [7, 11) is 3.10. The smallest absolute Gasteiger partial charge is 0.176 e. The van der Waals surface area contributed by atoms with E-state index in [9.17, 15) is 4.39 Å². The fraction of sp³-hybridized carbons (Fsp3) is 0.364. The van der Waals surface area contributed by atoms with Gasteiger partial charge in [0.05, 0.1) is 14.2 Å². The molecule has 0 aliphatic rings. The molecule has 0 fully saturated rings. The van der Waals surface area contributed by atoms with Crippen LogP contribution in [0.5, 0.6) is 5.75 Å². The van der Waals surface area contributed by atoms with Gasteiger partial charge in [0.1, 0.15) is 0 Å². The van der Waals surface area contributed by atoms with E-state index in [0.29, 0.717) is 12.2 Å². The first-order valence-corrected chi connectivity index (χ1v) is 5.42. The summed E-state index contributed by atoms with van der Waals surface area (Å²) in [6.07, 6.45) is 0.433. The molecule has 2 aromatic rings. The predicted molar refractivity (Wildman–Crippen MR) is 62.4 cm³/mol. The Kier molecular flexibility index (Phi) is 3.52. The Morgan fingerprint density at radius 2 is 2.28 bits per heavy atom. The van der Waals surface area contributed by atoms with Crippen molar-refractivity contribution in [1.82, 2.24) is 20.2 Å². The summed E-state index contributed by atoms with van der Waals surface area (Å²) in [4.78, 5) is 1.37. The number of nitrogens with two attached hydrogens (primary N) is 1. The summed E-state index contributed by atoms with van der Waals surface area (Å²) < 4.78 is 18.2. The number of aryl methyl sites for hydroxylation is 1. The largest absolute Gasteiger partial charge is 0.494 e. The minimum Gasteiger partial charge on any atom is -0.494 e. The third kappa shape index (κ3) is 2.62. The van der Waals surface area contributed by atoms with Crippen molar-refractivity contribution >= 4 is 0 Å². The lowest BCUT2D eigenvalue weighted by Crippen LogP contribution is -2.14. The number of hydrogen-bond donors (Lipinski definition) is 1. The molecule has 0 radical (unpaired) electrons. The highest BCUT2D eigenvalue weighted by molar-refractivity contribution is 5.32. The first kappa shape index (κ1) is 12.4. The summed E-state index contributed by atoms with van der Waals surface area (Å²) in [5, 5.41) is 11.6. The normalized spacial score (nSPS) is 12.4. The zero-order valence-corrected chi connectivity index (χ0v) is 10.2. The van der Waals surface area contributed by atoms with Crippen molar-refractivity contribution in [2.75, 3.05) is 7.11 Å². The molecule has 96 valence electrons. The second-order valence-corrected chi connectivity index (χ2v) is 3.90. The van der Waals surface area contributed by atoms with Crippen molar-refractivity contribution in [2.24, 2.45) is 12.8 Å². The fourth-order valence-electron chi connectivity index (χ4n) is 1.63. The number of ether oxygens (including phenoxy) is 1. The molecule has 1 aromatic carbocycles. The van der Waals surface area contributed by atoms with Gasteiger partial charge in [-0.1, -0.05) is 6.07 Å². The van der Waals surface area contributed by atoms with E-state index in [-0.39, 0.29) is 11.8 Å². The zero-order valence-electron chi connectivity index (χ0n) is 10.2. The van der Waals surface area contributed by atoms with Gasteiger partial charge in [0.2, 0.25) is 0 Å². The van der Waals surface area contributed by atoms with Crippen LogP contribution in [0.25, 0.3) is 0 Å². The minimum atomic E-state index is -0.411. The highest BCUT2D eigenvalue weighted by Gasteiger charge is 2.13. The Morgan fingerprint density at radius 3 is 2.89 bits per heavy atom. The lowest BCUT2D eigenvalue weighted by Gasteiger charge is -2.11. The molecular formula is C11H14FN5O. The van der Waals surface area contributed by atoms with Gasteiger partial charge in [0, 0.05) is 12.5 Å². The van der Waals surface area contributed by atoms with Crippen molar-refractivity contribution in [1.29, 1.82) is 0 Å². The number of nitrogens with zero attached hydrogens (tertiary/aromatic N) is 4. The Bertz CT molecular complexity index is 542. The van der Waals surface area contributed by atoms with Crippen molar-refractivity contribution < 1.29 is 9.13 Å². The maximum absolute atomic E-state index is 13.3. The zero-order chi connectivity index (χ0) is 13.1. The molecule has 0 amide bonds. The molecule has 1 aromatic heterocycles. The molecule has 1 atom stereocenters. The van der Waals surface area contributed by atoms with Crippen LogP contribution in [0, 0.1) is 5.82 Å². The van der Waals surface area contributed by atoms with E-state index >= 15 is 0 Å². The van der Waals surface area contributed by atoms with Gasteiger partial charge in [-0.05, 0) is 22.9 Å². The molecule has 0 saturated carbocycles. The molecule has 1 heterocycles. The SMILES string of the molecule is COc1cc(C(N)Cc2nnn(C)n2)ccc1F. The van der Waals surface area contributed by atoms with Gasteiger partial charge in [-0.3, -0.25) is 0 Å². The molecule has 2 rings (SSSR count). The highest BCUT2D eigenvalue weighted by atomic mass is 19.1. The summed E-state index contributed by atoms with van der Waals surface area (Å²) in [5.41, 5.74) is 6.78. The van der Waals surface area contributed by atoms with E-state index < -0.39 is 5.82 Å². The summed E-state index contributed by atoms with van der Waals surface area (Å²) >= 11 is 0. The Hall–Kier alpha value is -2.02. The second-order valence-electron chi connectivity index (χ2n) is 3.90. The molecule has 0 aliphatic carbocycles. The standard InChI is InChI=1S/C11H14FN5O/c1-17-15-11(14-16-17)6-9(13)7-3-4-8(12)10(5-7)18-2/h3-5,9H,6,13H2,1-2H3. The first-order chi connectivity index (χ1) is 8.60. The Balaban J connectivity index is 2.15. The van der Waals surface area contributed by atoms with Crippen LogP contribution in [-0.2, 0) is 13.5 Å². The number of hydrogen-bond acceptors (Lipinski definition) is 5. The molecule has 1 unspecified atom stereocenters. The molecule has 0 bridgehead atoms. The van der Waals surface area contributed by atoms with Crippen LogP contribution in [0.3, 0.4) is 0 Å². The third-order valence-electron chi connectivity index (χ3n) is 2.56. The van der Waals surface area contributed by atoms with Gasteiger partial charge in [-0.15, -0.1) is 10.2 Å². The van der Waals surface area contributed by atoms with Crippen LogP contribution < -0.4 is 10.5 Å². The van der Waals surface area contributed by atoms with Gasteiger partial charge < -0.3 is 10.5 Å². The Labute approximate surface area is 104 Å². The number of aromatic nitrogens is 4. The predicted octanol–water partition coefficient (Wildman–Crippen LogP) is 0.600. The lowest BCUT2D eigenvalue weighted by molar-refractivity contribution is 0.385. The molecule has 7 heteroatoms. The number of tetrazole rings is 1. The van der Waals surface area contributed by atoms with Crippen LogP contribution in [0.15, 0.2) is 18.2 Å². The van der Waals surface area contributed by atoms with Crippen LogP contribution >= 0.6 is 0 Å². The van der Waals surface area contributed by atoms with E-state index in [4.69, 9.17) is 10.5 Å². The maximum atomic E-state index is 13.3. The van der Waals surface area contributed by atoms with Gasteiger partial charge >= 0.3 is 0 Å². The molecular weight excluding hydrogens is 237 g/mol. The molecule has 6 nitrogen and oxygen atoms in total. The van der Waals surface area contributed by atoms with E-state index in [1.807, 2.05) is 0 Å². The van der Waals surface area contributed by atoms with Crippen LogP contribution in [-0.4, -0.2) is 27.3 Å². The van der Waals surface area contributed by atoms with E-state index in [2.05, 4.69) is 15.4 Å². The summed E-state index contributed by atoms with van der Waals surface area (Å²) in [6, 6.07) is 4.21. The molecule has 0 saturated heterocycles. The highest BCUT2D eigenvalue weighted by Crippen LogP contribution is 2.22. The van der Waals surface area contributed by atoms with Crippen molar-refractivity contribution in [3.63, 3.8) is 0 Å². The number of methoxy groups -OCH3 is 1. The number of benzene rings is 1. The number of halogens is 1. The Morgan fingerprint density at radius 1 is 1.50 bits per heavy atom. The van der Waals surface area contributed by atoms with Gasteiger partial charge in [0.25, 0.3) is 0 Å². The van der Waals surface area contributed by atoms with Gasteiger partial charge in [-0.25, -0.2) is 4.39 Å². The van der Waals surface area contributed by atoms with Gasteiger partial charge in [0.15, 0.2) is 17.4 Å². The average Bonchev–Trinajstić information content (AvgIpc) is 2.75. The monoisotopic (exact) mass is 251 g/mol. The summed E-state index contributed by atoms with van der Waals surface area (Å²) in [6.45, 7) is 0. The van der Waals surface area contributed by atoms with Crippen LogP contribution in [0.2, 0.25) is 0 Å².